The first-order chi connectivity index (χ1) is 14.5. The molecule has 0 bridgehead atoms. The van der Waals surface area contributed by atoms with Gasteiger partial charge in [0.1, 0.15) is 0 Å². The molecule has 8 nitrogen and oxygen atoms in total. The van der Waals surface area contributed by atoms with Crippen LogP contribution in [0.25, 0.3) is 0 Å². The highest BCUT2D eigenvalue weighted by atomic mass is 16.5. The van der Waals surface area contributed by atoms with Crippen LogP contribution in [0.1, 0.15) is 21.7 Å². The van der Waals surface area contributed by atoms with Crippen molar-refractivity contribution in [1.29, 1.82) is 0 Å². The zero-order valence-corrected chi connectivity index (χ0v) is 17.3. The number of anilines is 1. The summed E-state index contributed by atoms with van der Waals surface area (Å²) in [7, 11) is 3.12. The van der Waals surface area contributed by atoms with E-state index >= 15 is 0 Å². The van der Waals surface area contributed by atoms with Crippen molar-refractivity contribution in [2.75, 3.05) is 19.5 Å². The molecule has 3 rings (SSSR count). The highest BCUT2D eigenvalue weighted by Gasteiger charge is 2.12. The Bertz CT molecular complexity index is 1050. The number of benzene rings is 2. The normalized spacial score (nSPS) is 11.0. The number of guanidine groups is 1. The topological polar surface area (TPSA) is 97.7 Å². The summed E-state index contributed by atoms with van der Waals surface area (Å²) in [5.41, 5.74) is 2.70. The summed E-state index contributed by atoms with van der Waals surface area (Å²) < 4.78 is 10.6. The van der Waals surface area contributed by atoms with Gasteiger partial charge in [0.15, 0.2) is 11.5 Å². The standard InChI is InChI=1S/C22H23N5O3/c1-14-12-15(2)24-21(23-14)27-22(26-20(28)16-8-6-5-7-9-16)25-17-10-11-18(29-3)19(13-17)30-4/h5-13H,1-4H3,(H2,23,24,25,26,27,28). The average Bonchev–Trinajstić information content (AvgIpc) is 2.73. The Balaban J connectivity index is 1.94. The lowest BCUT2D eigenvalue weighted by molar-refractivity contribution is 0.0977. The van der Waals surface area contributed by atoms with Crippen LogP contribution in [0.3, 0.4) is 0 Å². The molecule has 1 amide bonds. The van der Waals surface area contributed by atoms with E-state index in [4.69, 9.17) is 9.47 Å². The molecule has 0 atom stereocenters. The lowest BCUT2D eigenvalue weighted by Gasteiger charge is -2.14. The molecule has 0 fully saturated rings. The second-order valence-corrected chi connectivity index (χ2v) is 6.43. The van der Waals surface area contributed by atoms with Gasteiger partial charge in [-0.1, -0.05) is 18.2 Å². The number of amides is 1. The summed E-state index contributed by atoms with van der Waals surface area (Å²) in [4.78, 5) is 25.7. The maximum atomic E-state index is 12.7. The van der Waals surface area contributed by atoms with E-state index in [1.54, 1.807) is 56.7 Å². The lowest BCUT2D eigenvalue weighted by atomic mass is 10.2. The molecule has 2 aromatic carbocycles. The predicted molar refractivity (Wildman–Crippen MR) is 116 cm³/mol. The lowest BCUT2D eigenvalue weighted by Crippen LogP contribution is -2.35. The second kappa shape index (κ2) is 9.51. The minimum absolute atomic E-state index is 0.182. The third kappa shape index (κ3) is 5.32. The highest BCUT2D eigenvalue weighted by molar-refractivity contribution is 6.10. The molecule has 8 heteroatoms. The Morgan fingerprint density at radius 3 is 2.20 bits per heavy atom. The van der Waals surface area contributed by atoms with Gasteiger partial charge in [0.2, 0.25) is 5.96 Å². The number of aromatic nitrogens is 2. The van der Waals surface area contributed by atoms with E-state index in [-0.39, 0.29) is 17.8 Å². The van der Waals surface area contributed by atoms with E-state index < -0.39 is 0 Å². The SMILES string of the molecule is COc1ccc(N/C(=N\c2nc(C)cc(C)n2)NC(=O)c2ccccc2)cc1OC. The van der Waals surface area contributed by atoms with Crippen LogP contribution in [-0.4, -0.2) is 36.1 Å². The minimum Gasteiger partial charge on any atom is -0.493 e. The third-order valence-corrected chi connectivity index (χ3v) is 4.10. The molecule has 0 unspecified atom stereocenters. The fourth-order valence-corrected chi connectivity index (χ4v) is 2.76. The highest BCUT2D eigenvalue weighted by Crippen LogP contribution is 2.29. The first-order valence-corrected chi connectivity index (χ1v) is 9.25. The van der Waals surface area contributed by atoms with Crippen molar-refractivity contribution >= 4 is 23.5 Å². The van der Waals surface area contributed by atoms with Crippen LogP contribution in [0.15, 0.2) is 59.6 Å². The van der Waals surface area contributed by atoms with E-state index in [0.717, 1.165) is 11.4 Å². The van der Waals surface area contributed by atoms with Gasteiger partial charge < -0.3 is 14.8 Å². The number of nitrogens with zero attached hydrogens (tertiary/aromatic N) is 3. The molecule has 3 aromatic rings. The second-order valence-electron chi connectivity index (χ2n) is 6.43. The van der Waals surface area contributed by atoms with E-state index in [2.05, 4.69) is 25.6 Å². The molecule has 0 aliphatic carbocycles. The van der Waals surface area contributed by atoms with Gasteiger partial charge in [-0.2, -0.15) is 4.99 Å². The van der Waals surface area contributed by atoms with Crippen LogP contribution in [0.2, 0.25) is 0 Å². The molecule has 154 valence electrons. The summed E-state index contributed by atoms with van der Waals surface area (Å²) in [5.74, 6) is 1.24. The van der Waals surface area contributed by atoms with Crippen LogP contribution in [0, 0.1) is 13.8 Å². The molecular weight excluding hydrogens is 382 g/mol. The van der Waals surface area contributed by atoms with Gasteiger partial charge in [-0.15, -0.1) is 0 Å². The van der Waals surface area contributed by atoms with Crippen LogP contribution < -0.4 is 20.1 Å². The first kappa shape index (κ1) is 20.8. The number of ether oxygens (including phenoxy) is 2. The quantitative estimate of drug-likeness (QED) is 0.497. The van der Waals surface area contributed by atoms with Gasteiger partial charge in [0.25, 0.3) is 11.9 Å². The number of aryl methyl sites for hydroxylation is 2. The Hall–Kier alpha value is -3.94. The van der Waals surface area contributed by atoms with Gasteiger partial charge in [-0.05, 0) is 44.2 Å². The van der Waals surface area contributed by atoms with Crippen molar-refractivity contribution in [3.63, 3.8) is 0 Å². The van der Waals surface area contributed by atoms with Crippen molar-refractivity contribution < 1.29 is 14.3 Å². The summed E-state index contributed by atoms with van der Waals surface area (Å²) >= 11 is 0. The van der Waals surface area contributed by atoms with Crippen LogP contribution in [-0.2, 0) is 0 Å². The van der Waals surface area contributed by atoms with Crippen LogP contribution >= 0.6 is 0 Å². The molecule has 1 heterocycles. The third-order valence-electron chi connectivity index (χ3n) is 4.10. The number of carbonyl (C=O) groups excluding carboxylic acids is 1. The molecule has 0 radical (unpaired) electrons. The van der Waals surface area contributed by atoms with Gasteiger partial charge in [-0.25, -0.2) is 9.97 Å². The largest absolute Gasteiger partial charge is 0.493 e. The molecule has 0 aliphatic heterocycles. The Labute approximate surface area is 175 Å². The molecule has 1 aromatic heterocycles. The van der Waals surface area contributed by atoms with Crippen LogP contribution in [0.4, 0.5) is 11.6 Å². The summed E-state index contributed by atoms with van der Waals surface area (Å²) in [6, 6.07) is 16.0. The number of hydrogen-bond donors (Lipinski definition) is 2. The number of nitrogens with one attached hydrogen (secondary N) is 2. The molecule has 0 saturated carbocycles. The number of rotatable bonds is 5. The summed E-state index contributed by atoms with van der Waals surface area (Å²) in [6.07, 6.45) is 0. The number of aliphatic imine (C=N–C) groups is 1. The number of carbonyl (C=O) groups is 1. The smallest absolute Gasteiger partial charge is 0.257 e. The van der Waals surface area contributed by atoms with Gasteiger partial charge >= 0.3 is 0 Å². The van der Waals surface area contributed by atoms with E-state index in [0.29, 0.717) is 22.7 Å². The first-order valence-electron chi connectivity index (χ1n) is 9.25. The Morgan fingerprint density at radius 1 is 0.900 bits per heavy atom. The Kier molecular flexibility index (Phi) is 6.59. The molecule has 0 spiro atoms. The van der Waals surface area contributed by atoms with Gasteiger partial charge in [0, 0.05) is 28.7 Å². The van der Waals surface area contributed by atoms with Crippen molar-refractivity contribution in [1.82, 2.24) is 15.3 Å². The molecular formula is C22H23N5O3. The maximum Gasteiger partial charge on any atom is 0.257 e. The van der Waals surface area contributed by atoms with Crippen molar-refractivity contribution in [2.45, 2.75) is 13.8 Å². The zero-order chi connectivity index (χ0) is 21.5. The molecule has 30 heavy (non-hydrogen) atoms. The minimum atomic E-state index is -0.313. The fourth-order valence-electron chi connectivity index (χ4n) is 2.76. The number of hydrogen-bond acceptors (Lipinski definition) is 6. The monoisotopic (exact) mass is 405 g/mol. The Morgan fingerprint density at radius 2 is 1.57 bits per heavy atom. The fraction of sp³-hybridized carbons (Fsp3) is 0.182. The number of methoxy groups -OCH3 is 2. The summed E-state index contributed by atoms with van der Waals surface area (Å²) in [6.45, 7) is 3.72. The molecule has 2 N–H and O–H groups in total. The van der Waals surface area contributed by atoms with Crippen LogP contribution in [0.5, 0.6) is 11.5 Å². The van der Waals surface area contributed by atoms with Crippen molar-refractivity contribution in [2.24, 2.45) is 4.99 Å². The van der Waals surface area contributed by atoms with Gasteiger partial charge in [0.05, 0.1) is 14.2 Å². The van der Waals surface area contributed by atoms with Crippen molar-refractivity contribution in [3.05, 3.63) is 71.5 Å². The molecule has 0 saturated heterocycles. The average molecular weight is 405 g/mol. The maximum absolute atomic E-state index is 12.7. The van der Waals surface area contributed by atoms with E-state index in [1.807, 2.05) is 26.0 Å². The van der Waals surface area contributed by atoms with Crippen molar-refractivity contribution in [3.8, 4) is 11.5 Å². The molecule has 0 aliphatic rings. The summed E-state index contributed by atoms with van der Waals surface area (Å²) in [5, 5.41) is 5.88. The predicted octanol–water partition coefficient (Wildman–Crippen LogP) is 3.64. The van der Waals surface area contributed by atoms with E-state index in [9.17, 15) is 4.79 Å². The zero-order valence-electron chi connectivity index (χ0n) is 17.3. The van der Waals surface area contributed by atoms with E-state index in [1.165, 1.54) is 0 Å². The van der Waals surface area contributed by atoms with Gasteiger partial charge in [-0.3, -0.25) is 10.1 Å².